The Morgan fingerprint density at radius 2 is 2.14 bits per heavy atom. The number of aromatic nitrogens is 1. The van der Waals surface area contributed by atoms with E-state index >= 15 is 0 Å². The fourth-order valence-electron chi connectivity index (χ4n) is 2.65. The predicted molar refractivity (Wildman–Crippen MR) is 90.9 cm³/mol. The van der Waals surface area contributed by atoms with Gasteiger partial charge in [0.15, 0.2) is 8.32 Å². The molecule has 1 aromatic rings. The summed E-state index contributed by atoms with van der Waals surface area (Å²) in [4.78, 5) is 15.9. The summed E-state index contributed by atoms with van der Waals surface area (Å²) in [6.45, 7) is 11.1. The Morgan fingerprint density at radius 1 is 1.48 bits per heavy atom. The number of carbonyl (C=O) groups excluding carboxylic acids is 1. The third-order valence-corrected chi connectivity index (χ3v) is 9.78. The van der Waals surface area contributed by atoms with E-state index in [4.69, 9.17) is 4.43 Å². The first-order chi connectivity index (χ1) is 9.61. The van der Waals surface area contributed by atoms with Gasteiger partial charge in [-0.25, -0.2) is 0 Å². The van der Waals surface area contributed by atoms with E-state index in [9.17, 15) is 4.79 Å². The average molecular weight is 370 g/mol. The Balaban J connectivity index is 2.44. The SMILES string of the molecule is CC(C)(C)[Si](C)(C)OC1(CC=O)CCc2cc(Br)cnc21. The van der Waals surface area contributed by atoms with Crippen LogP contribution in [0.2, 0.25) is 18.1 Å². The predicted octanol–water partition coefficient (Wildman–Crippen LogP) is 4.60. The van der Waals surface area contributed by atoms with Gasteiger partial charge in [0.25, 0.3) is 0 Å². The third-order valence-electron chi connectivity index (χ3n) is 4.83. The molecule has 2 rings (SSSR count). The third kappa shape index (κ3) is 3.15. The second-order valence-corrected chi connectivity index (χ2v) is 13.0. The lowest BCUT2D eigenvalue weighted by molar-refractivity contribution is -0.112. The number of nitrogens with zero attached hydrogens (tertiary/aromatic N) is 1. The van der Waals surface area contributed by atoms with Gasteiger partial charge in [0.05, 0.1) is 5.69 Å². The lowest BCUT2D eigenvalue weighted by atomic mass is 9.97. The minimum atomic E-state index is -1.97. The van der Waals surface area contributed by atoms with Gasteiger partial charge < -0.3 is 9.22 Å². The van der Waals surface area contributed by atoms with Gasteiger partial charge in [-0.2, -0.15) is 0 Å². The minimum Gasteiger partial charge on any atom is -0.405 e. The molecular formula is C16H24BrNO2Si. The summed E-state index contributed by atoms with van der Waals surface area (Å²) in [5.41, 5.74) is 1.63. The Labute approximate surface area is 136 Å². The highest BCUT2D eigenvalue weighted by Gasteiger charge is 2.49. The molecule has 21 heavy (non-hydrogen) atoms. The molecule has 1 heterocycles. The second-order valence-electron chi connectivity index (χ2n) is 7.39. The van der Waals surface area contributed by atoms with Crippen LogP contribution < -0.4 is 0 Å². The molecule has 0 fully saturated rings. The summed E-state index contributed by atoms with van der Waals surface area (Å²) in [5.74, 6) is 0. The summed E-state index contributed by atoms with van der Waals surface area (Å²) in [6.07, 6.45) is 4.94. The van der Waals surface area contributed by atoms with Crippen LogP contribution in [0.15, 0.2) is 16.7 Å². The van der Waals surface area contributed by atoms with Crippen molar-refractivity contribution in [3.63, 3.8) is 0 Å². The quantitative estimate of drug-likeness (QED) is 0.575. The number of aryl methyl sites for hydroxylation is 1. The smallest absolute Gasteiger partial charge is 0.193 e. The van der Waals surface area contributed by atoms with Crippen molar-refractivity contribution in [3.05, 3.63) is 28.0 Å². The maximum Gasteiger partial charge on any atom is 0.193 e. The molecule has 0 aromatic carbocycles. The number of halogens is 1. The summed E-state index contributed by atoms with van der Waals surface area (Å²) in [7, 11) is -1.97. The van der Waals surface area contributed by atoms with Crippen molar-refractivity contribution in [2.45, 2.75) is 63.8 Å². The first-order valence-electron chi connectivity index (χ1n) is 7.40. The van der Waals surface area contributed by atoms with Gasteiger partial charge in [-0.05, 0) is 58.5 Å². The van der Waals surface area contributed by atoms with E-state index in [1.807, 2.05) is 0 Å². The topological polar surface area (TPSA) is 39.2 Å². The summed E-state index contributed by atoms with van der Waals surface area (Å²) in [5, 5.41) is 0.112. The monoisotopic (exact) mass is 369 g/mol. The standard InChI is InChI=1S/C16H24BrNO2Si/c1-15(2,3)21(4,5)20-16(8-9-19)7-6-12-10-13(17)11-18-14(12)16/h9-11H,6-8H2,1-5H3. The Morgan fingerprint density at radius 3 is 2.71 bits per heavy atom. The van der Waals surface area contributed by atoms with E-state index in [1.165, 1.54) is 5.56 Å². The van der Waals surface area contributed by atoms with Crippen molar-refractivity contribution in [2.24, 2.45) is 0 Å². The van der Waals surface area contributed by atoms with Crippen LogP contribution in [-0.4, -0.2) is 19.6 Å². The van der Waals surface area contributed by atoms with Crippen molar-refractivity contribution in [1.29, 1.82) is 0 Å². The molecule has 0 N–H and O–H groups in total. The number of carbonyl (C=O) groups is 1. The van der Waals surface area contributed by atoms with Gasteiger partial charge in [0, 0.05) is 17.1 Å². The molecule has 5 heteroatoms. The molecule has 1 atom stereocenters. The molecule has 0 bridgehead atoms. The molecule has 0 aliphatic heterocycles. The van der Waals surface area contributed by atoms with Crippen molar-refractivity contribution in [2.75, 3.05) is 0 Å². The molecular weight excluding hydrogens is 346 g/mol. The number of fused-ring (bicyclic) bond motifs is 1. The zero-order valence-electron chi connectivity index (χ0n) is 13.5. The van der Waals surface area contributed by atoms with Crippen LogP contribution in [0.1, 0.15) is 44.9 Å². The highest BCUT2D eigenvalue weighted by Crippen LogP contribution is 2.48. The number of aldehydes is 1. The summed E-state index contributed by atoms with van der Waals surface area (Å²) in [6, 6.07) is 2.10. The van der Waals surface area contributed by atoms with E-state index < -0.39 is 13.9 Å². The number of rotatable bonds is 4. The van der Waals surface area contributed by atoms with Gasteiger partial charge in [-0.3, -0.25) is 4.98 Å². The average Bonchev–Trinajstić information content (AvgIpc) is 2.66. The Kier molecular flexibility index (Phi) is 4.49. The molecule has 116 valence electrons. The summed E-state index contributed by atoms with van der Waals surface area (Å²) >= 11 is 3.47. The minimum absolute atomic E-state index is 0.112. The highest BCUT2D eigenvalue weighted by atomic mass is 79.9. The first kappa shape index (κ1) is 16.8. The number of hydrogen-bond donors (Lipinski definition) is 0. The fraction of sp³-hybridized carbons (Fsp3) is 0.625. The molecule has 1 aliphatic carbocycles. The van der Waals surface area contributed by atoms with Gasteiger partial charge in [-0.1, -0.05) is 20.8 Å². The Hall–Kier alpha value is -0.523. The zero-order valence-corrected chi connectivity index (χ0v) is 16.1. The molecule has 0 radical (unpaired) electrons. The zero-order chi connectivity index (χ0) is 15.9. The molecule has 0 saturated carbocycles. The normalized spacial score (nSPS) is 22.2. The molecule has 0 saturated heterocycles. The van der Waals surface area contributed by atoms with Crippen LogP contribution in [0.4, 0.5) is 0 Å². The van der Waals surface area contributed by atoms with Crippen LogP contribution in [0, 0.1) is 0 Å². The van der Waals surface area contributed by atoms with Crippen LogP contribution in [-0.2, 0) is 21.2 Å². The lowest BCUT2D eigenvalue weighted by Crippen LogP contribution is -2.48. The van der Waals surface area contributed by atoms with Crippen molar-refractivity contribution >= 4 is 30.5 Å². The van der Waals surface area contributed by atoms with Crippen LogP contribution in [0.3, 0.4) is 0 Å². The van der Waals surface area contributed by atoms with Crippen LogP contribution >= 0.6 is 15.9 Å². The van der Waals surface area contributed by atoms with Gasteiger partial charge in [-0.15, -0.1) is 0 Å². The summed E-state index contributed by atoms with van der Waals surface area (Å²) < 4.78 is 7.67. The molecule has 0 amide bonds. The van der Waals surface area contributed by atoms with E-state index in [1.54, 1.807) is 6.20 Å². The molecule has 1 unspecified atom stereocenters. The van der Waals surface area contributed by atoms with Crippen molar-refractivity contribution < 1.29 is 9.22 Å². The van der Waals surface area contributed by atoms with Crippen molar-refractivity contribution in [3.8, 4) is 0 Å². The largest absolute Gasteiger partial charge is 0.405 e. The van der Waals surface area contributed by atoms with E-state index in [0.717, 1.165) is 29.3 Å². The van der Waals surface area contributed by atoms with Gasteiger partial charge >= 0.3 is 0 Å². The Bertz CT molecular complexity index is 554. The second kappa shape index (κ2) is 5.59. The van der Waals surface area contributed by atoms with E-state index in [0.29, 0.717) is 6.42 Å². The number of hydrogen-bond acceptors (Lipinski definition) is 3. The highest BCUT2D eigenvalue weighted by molar-refractivity contribution is 9.10. The molecule has 1 aromatic heterocycles. The van der Waals surface area contributed by atoms with E-state index in [-0.39, 0.29) is 5.04 Å². The molecule has 0 spiro atoms. The van der Waals surface area contributed by atoms with Gasteiger partial charge in [0.2, 0.25) is 0 Å². The number of pyridine rings is 1. The lowest BCUT2D eigenvalue weighted by Gasteiger charge is -2.43. The molecule has 3 nitrogen and oxygen atoms in total. The molecule has 1 aliphatic rings. The van der Waals surface area contributed by atoms with Crippen LogP contribution in [0.25, 0.3) is 0 Å². The van der Waals surface area contributed by atoms with Crippen molar-refractivity contribution in [1.82, 2.24) is 4.98 Å². The fourth-order valence-corrected chi connectivity index (χ4v) is 4.60. The van der Waals surface area contributed by atoms with E-state index in [2.05, 4.69) is 60.8 Å². The van der Waals surface area contributed by atoms with Crippen LogP contribution in [0.5, 0.6) is 0 Å². The van der Waals surface area contributed by atoms with Gasteiger partial charge in [0.1, 0.15) is 11.9 Å². The maximum absolute atomic E-state index is 11.3. The first-order valence-corrected chi connectivity index (χ1v) is 11.1. The maximum atomic E-state index is 11.3.